The Bertz CT molecular complexity index is 742. The zero-order valence-corrected chi connectivity index (χ0v) is 14.8. The van der Waals surface area contributed by atoms with Crippen LogP contribution in [0.1, 0.15) is 31.1 Å². The molecule has 1 saturated heterocycles. The van der Waals surface area contributed by atoms with Gasteiger partial charge in [0.1, 0.15) is 0 Å². The molecule has 0 amide bonds. The summed E-state index contributed by atoms with van der Waals surface area (Å²) in [5.41, 5.74) is 1.10. The Balaban J connectivity index is 1.62. The maximum atomic E-state index is 5.57. The van der Waals surface area contributed by atoms with Crippen LogP contribution in [0.4, 0.5) is 0 Å². The van der Waals surface area contributed by atoms with Crippen molar-refractivity contribution in [1.82, 2.24) is 15.5 Å². The van der Waals surface area contributed by atoms with E-state index in [0.29, 0.717) is 34.4 Å². The van der Waals surface area contributed by atoms with E-state index in [0.717, 1.165) is 31.0 Å². The molecule has 1 saturated carbocycles. The summed E-state index contributed by atoms with van der Waals surface area (Å²) in [5.74, 6) is 3.33. The Morgan fingerprint density at radius 1 is 1.16 bits per heavy atom. The van der Waals surface area contributed by atoms with Crippen LogP contribution in [0.25, 0.3) is 11.4 Å². The predicted molar refractivity (Wildman–Crippen MR) is 91.3 cm³/mol. The van der Waals surface area contributed by atoms with Gasteiger partial charge in [-0.05, 0) is 43.4 Å². The van der Waals surface area contributed by atoms with Gasteiger partial charge in [-0.2, -0.15) is 4.98 Å². The number of hydrogen-bond acceptors (Lipinski definition) is 7. The highest BCUT2D eigenvalue weighted by atomic mass is 16.5. The van der Waals surface area contributed by atoms with Crippen molar-refractivity contribution in [3.8, 4) is 28.6 Å². The lowest BCUT2D eigenvalue weighted by Crippen LogP contribution is -2.31. The van der Waals surface area contributed by atoms with Gasteiger partial charge in [0.2, 0.25) is 17.5 Å². The van der Waals surface area contributed by atoms with Crippen LogP contribution in [0.15, 0.2) is 16.7 Å². The largest absolute Gasteiger partial charge is 0.493 e. The normalized spacial score (nSPS) is 25.0. The average Bonchev–Trinajstić information content (AvgIpc) is 3.12. The number of nitrogens with one attached hydrogen (secondary N) is 1. The van der Waals surface area contributed by atoms with Crippen LogP contribution in [0.3, 0.4) is 0 Å². The van der Waals surface area contributed by atoms with E-state index in [1.165, 1.54) is 12.8 Å². The van der Waals surface area contributed by atoms with Crippen LogP contribution in [0.5, 0.6) is 17.2 Å². The Hall–Kier alpha value is -2.28. The second-order valence-corrected chi connectivity index (χ2v) is 6.77. The van der Waals surface area contributed by atoms with Crippen molar-refractivity contribution in [2.45, 2.75) is 25.2 Å². The number of hydrogen-bond donors (Lipinski definition) is 1. The fourth-order valence-corrected chi connectivity index (χ4v) is 3.86. The number of piperidine rings is 1. The van der Waals surface area contributed by atoms with Gasteiger partial charge in [-0.25, -0.2) is 0 Å². The van der Waals surface area contributed by atoms with Gasteiger partial charge < -0.3 is 24.1 Å². The molecule has 2 atom stereocenters. The standard InChI is InChI=1S/C18H23N3O4/c1-22-13-7-11(8-14(23-2)15(13)24-3)16-20-17(25-21-16)12-9-18(12)5-4-6-19-10-18/h7-8,12,19H,4-6,9-10H2,1-3H3. The third-order valence-corrected chi connectivity index (χ3v) is 5.36. The molecule has 134 valence electrons. The molecule has 1 spiro atoms. The van der Waals surface area contributed by atoms with E-state index in [2.05, 4.69) is 15.5 Å². The van der Waals surface area contributed by atoms with Gasteiger partial charge in [0.05, 0.1) is 21.3 Å². The molecular weight excluding hydrogens is 322 g/mol. The quantitative estimate of drug-likeness (QED) is 0.892. The minimum absolute atomic E-state index is 0.317. The third kappa shape index (κ3) is 2.72. The van der Waals surface area contributed by atoms with Crippen molar-refractivity contribution in [2.75, 3.05) is 34.4 Å². The zero-order valence-electron chi connectivity index (χ0n) is 14.8. The summed E-state index contributed by atoms with van der Waals surface area (Å²) in [6.07, 6.45) is 3.56. The molecule has 1 N–H and O–H groups in total. The van der Waals surface area contributed by atoms with E-state index >= 15 is 0 Å². The number of aromatic nitrogens is 2. The summed E-state index contributed by atoms with van der Waals surface area (Å²) in [6, 6.07) is 3.67. The van der Waals surface area contributed by atoms with Gasteiger partial charge in [0.15, 0.2) is 11.5 Å². The van der Waals surface area contributed by atoms with Gasteiger partial charge in [-0.15, -0.1) is 0 Å². The maximum Gasteiger partial charge on any atom is 0.230 e. The van der Waals surface area contributed by atoms with Crippen molar-refractivity contribution in [2.24, 2.45) is 5.41 Å². The molecule has 2 aromatic rings. The molecule has 1 aliphatic heterocycles. The van der Waals surface area contributed by atoms with Crippen molar-refractivity contribution in [3.63, 3.8) is 0 Å². The molecule has 7 heteroatoms. The lowest BCUT2D eigenvalue weighted by molar-refractivity contribution is 0.314. The van der Waals surface area contributed by atoms with Crippen molar-refractivity contribution in [1.29, 1.82) is 0 Å². The first kappa shape index (κ1) is 16.2. The summed E-state index contributed by atoms with van der Waals surface area (Å²) in [6.45, 7) is 2.15. The minimum Gasteiger partial charge on any atom is -0.493 e. The maximum absolute atomic E-state index is 5.57. The van der Waals surface area contributed by atoms with Crippen molar-refractivity contribution < 1.29 is 18.7 Å². The molecule has 2 unspecified atom stereocenters. The lowest BCUT2D eigenvalue weighted by atomic mass is 9.94. The molecule has 0 radical (unpaired) electrons. The molecule has 1 aromatic carbocycles. The first-order chi connectivity index (χ1) is 12.2. The monoisotopic (exact) mass is 345 g/mol. The summed E-state index contributed by atoms with van der Waals surface area (Å²) in [4.78, 5) is 4.64. The van der Waals surface area contributed by atoms with Gasteiger partial charge in [-0.3, -0.25) is 0 Å². The number of benzene rings is 1. The fourth-order valence-electron chi connectivity index (χ4n) is 3.86. The molecule has 4 rings (SSSR count). The summed E-state index contributed by atoms with van der Waals surface area (Å²) in [7, 11) is 4.76. The summed E-state index contributed by atoms with van der Waals surface area (Å²) < 4.78 is 21.7. The van der Waals surface area contributed by atoms with Crippen LogP contribution in [-0.2, 0) is 0 Å². The first-order valence-electron chi connectivity index (χ1n) is 8.55. The van der Waals surface area contributed by atoms with Crippen LogP contribution < -0.4 is 19.5 Å². The van der Waals surface area contributed by atoms with Crippen LogP contribution in [0, 0.1) is 5.41 Å². The second kappa shape index (κ2) is 6.22. The van der Waals surface area contributed by atoms with E-state index in [1.807, 2.05) is 12.1 Å². The molecule has 2 heterocycles. The fraction of sp³-hybridized carbons (Fsp3) is 0.556. The van der Waals surface area contributed by atoms with Gasteiger partial charge in [-0.1, -0.05) is 5.16 Å². The molecule has 2 fully saturated rings. The van der Waals surface area contributed by atoms with E-state index in [1.54, 1.807) is 21.3 Å². The first-order valence-corrected chi connectivity index (χ1v) is 8.55. The molecule has 0 bridgehead atoms. The SMILES string of the molecule is COc1cc(-c2noc(C3CC34CCCNC4)n2)cc(OC)c1OC. The zero-order chi connectivity index (χ0) is 17.4. The lowest BCUT2D eigenvalue weighted by Gasteiger charge is -2.22. The number of rotatable bonds is 5. The highest BCUT2D eigenvalue weighted by molar-refractivity contribution is 5.66. The molecule has 25 heavy (non-hydrogen) atoms. The van der Waals surface area contributed by atoms with Crippen molar-refractivity contribution in [3.05, 3.63) is 18.0 Å². The predicted octanol–water partition coefficient (Wildman–Crippen LogP) is 2.62. The van der Waals surface area contributed by atoms with E-state index < -0.39 is 0 Å². The number of nitrogens with zero attached hydrogens (tertiary/aromatic N) is 2. The highest BCUT2D eigenvalue weighted by Gasteiger charge is 2.57. The molecular formula is C18H23N3O4. The Kier molecular flexibility index (Phi) is 4.03. The molecule has 2 aliphatic rings. The second-order valence-electron chi connectivity index (χ2n) is 6.77. The molecule has 1 aliphatic carbocycles. The van der Waals surface area contributed by atoms with Gasteiger partial charge >= 0.3 is 0 Å². The third-order valence-electron chi connectivity index (χ3n) is 5.36. The highest BCUT2D eigenvalue weighted by Crippen LogP contribution is 2.62. The topological polar surface area (TPSA) is 78.6 Å². The number of methoxy groups -OCH3 is 3. The van der Waals surface area contributed by atoms with Gasteiger partial charge in [0, 0.05) is 18.0 Å². The smallest absolute Gasteiger partial charge is 0.230 e. The van der Waals surface area contributed by atoms with Crippen molar-refractivity contribution >= 4 is 0 Å². The van der Waals surface area contributed by atoms with Crippen LogP contribution in [0.2, 0.25) is 0 Å². The van der Waals surface area contributed by atoms with Crippen LogP contribution >= 0.6 is 0 Å². The molecule has 7 nitrogen and oxygen atoms in total. The van der Waals surface area contributed by atoms with Gasteiger partial charge in [0.25, 0.3) is 0 Å². The van der Waals surface area contributed by atoms with E-state index in [4.69, 9.17) is 18.7 Å². The van der Waals surface area contributed by atoms with Crippen LogP contribution in [-0.4, -0.2) is 44.6 Å². The Labute approximate surface area is 146 Å². The summed E-state index contributed by atoms with van der Waals surface area (Å²) in [5, 5.41) is 7.66. The number of ether oxygens (including phenoxy) is 3. The average molecular weight is 345 g/mol. The Morgan fingerprint density at radius 2 is 1.92 bits per heavy atom. The molecule has 1 aromatic heterocycles. The summed E-state index contributed by atoms with van der Waals surface area (Å²) >= 11 is 0. The van der Waals surface area contributed by atoms with E-state index in [-0.39, 0.29) is 0 Å². The van der Waals surface area contributed by atoms with E-state index in [9.17, 15) is 0 Å². The minimum atomic E-state index is 0.317. The Morgan fingerprint density at radius 3 is 2.52 bits per heavy atom.